The molecular formula is C21H17BrN4OS. The van der Waals surface area contributed by atoms with Gasteiger partial charge in [-0.2, -0.15) is 0 Å². The summed E-state index contributed by atoms with van der Waals surface area (Å²) in [7, 11) is 3.99. The predicted octanol–water partition coefficient (Wildman–Crippen LogP) is 4.95. The predicted molar refractivity (Wildman–Crippen MR) is 121 cm³/mol. The van der Waals surface area contributed by atoms with Crippen molar-refractivity contribution >= 4 is 67.1 Å². The van der Waals surface area contributed by atoms with Gasteiger partial charge in [-0.3, -0.25) is 9.78 Å². The van der Waals surface area contributed by atoms with E-state index in [1.165, 1.54) is 11.8 Å². The van der Waals surface area contributed by atoms with Crippen LogP contribution in [0.1, 0.15) is 5.56 Å². The average molecular weight is 453 g/mol. The van der Waals surface area contributed by atoms with Crippen molar-refractivity contribution in [2.45, 2.75) is 0 Å². The number of amidine groups is 1. The Morgan fingerprint density at radius 1 is 1.14 bits per heavy atom. The van der Waals surface area contributed by atoms with Gasteiger partial charge >= 0.3 is 0 Å². The Morgan fingerprint density at radius 2 is 1.93 bits per heavy atom. The van der Waals surface area contributed by atoms with Crippen LogP contribution in [0.4, 0.5) is 11.4 Å². The molecule has 0 atom stereocenters. The summed E-state index contributed by atoms with van der Waals surface area (Å²) in [5.41, 5.74) is 3.59. The van der Waals surface area contributed by atoms with Crippen molar-refractivity contribution in [3.8, 4) is 0 Å². The van der Waals surface area contributed by atoms with Crippen molar-refractivity contribution in [2.24, 2.45) is 4.99 Å². The van der Waals surface area contributed by atoms with Gasteiger partial charge in [-0.05, 0) is 53.7 Å². The standard InChI is InChI=1S/C21H17BrN4OS/c1-26(2)14-7-5-13(6-8-14)12-18-20(27)25-21(28-18)24-17-10-9-16(22)15-4-3-11-23-19(15)17/h3-12H,1-2H3,(H,24,25,27)/b18-12-. The number of aromatic nitrogens is 1. The van der Waals surface area contributed by atoms with Gasteiger partial charge in [0.1, 0.15) is 0 Å². The second-order valence-electron chi connectivity index (χ2n) is 6.43. The number of nitrogens with zero attached hydrogens (tertiary/aromatic N) is 3. The maximum Gasteiger partial charge on any atom is 0.264 e. The van der Waals surface area contributed by atoms with Crippen LogP contribution >= 0.6 is 27.7 Å². The van der Waals surface area contributed by atoms with E-state index in [0.717, 1.165) is 32.3 Å². The number of benzene rings is 2. The molecule has 1 amide bonds. The molecule has 1 aliphatic heterocycles. The number of amides is 1. The third kappa shape index (κ3) is 3.81. The molecule has 1 saturated heterocycles. The number of carbonyl (C=O) groups is 1. The first-order valence-electron chi connectivity index (χ1n) is 8.61. The Balaban J connectivity index is 1.62. The van der Waals surface area contributed by atoms with Gasteiger partial charge in [0, 0.05) is 35.8 Å². The van der Waals surface area contributed by atoms with Crippen molar-refractivity contribution in [3.05, 3.63) is 69.7 Å². The molecule has 2 aromatic carbocycles. The van der Waals surface area contributed by atoms with Crippen LogP contribution in [0.5, 0.6) is 0 Å². The first-order chi connectivity index (χ1) is 13.5. The molecule has 0 unspecified atom stereocenters. The second-order valence-corrected chi connectivity index (χ2v) is 8.32. The molecule has 28 heavy (non-hydrogen) atoms. The zero-order valence-corrected chi connectivity index (χ0v) is 17.7. The van der Waals surface area contributed by atoms with Crippen LogP contribution in [0.2, 0.25) is 0 Å². The lowest BCUT2D eigenvalue weighted by molar-refractivity contribution is -0.115. The zero-order valence-electron chi connectivity index (χ0n) is 15.3. The third-order valence-corrected chi connectivity index (χ3v) is 5.88. The van der Waals surface area contributed by atoms with Gasteiger partial charge in [0.05, 0.1) is 16.1 Å². The topological polar surface area (TPSA) is 57.6 Å². The maximum atomic E-state index is 12.4. The van der Waals surface area contributed by atoms with Crippen LogP contribution in [0.3, 0.4) is 0 Å². The SMILES string of the molecule is CN(C)c1ccc(/C=C2\SC(=Nc3ccc(Br)c4cccnc34)NC2=O)cc1. The van der Waals surface area contributed by atoms with Crippen molar-refractivity contribution in [1.29, 1.82) is 0 Å². The molecule has 0 saturated carbocycles. The van der Waals surface area contributed by atoms with Gasteiger partial charge in [0.2, 0.25) is 0 Å². The highest BCUT2D eigenvalue weighted by Crippen LogP contribution is 2.33. The quantitative estimate of drug-likeness (QED) is 0.570. The molecule has 140 valence electrons. The van der Waals surface area contributed by atoms with Gasteiger partial charge in [0.25, 0.3) is 5.91 Å². The minimum atomic E-state index is -0.144. The lowest BCUT2D eigenvalue weighted by atomic mass is 10.2. The summed E-state index contributed by atoms with van der Waals surface area (Å²) in [4.78, 5) is 24.1. The molecule has 1 fully saturated rings. The highest BCUT2D eigenvalue weighted by atomic mass is 79.9. The monoisotopic (exact) mass is 452 g/mol. The number of pyridine rings is 1. The van der Waals surface area contributed by atoms with Gasteiger partial charge in [-0.15, -0.1) is 0 Å². The molecule has 1 N–H and O–H groups in total. The zero-order chi connectivity index (χ0) is 19.7. The number of thioether (sulfide) groups is 1. The summed E-state index contributed by atoms with van der Waals surface area (Å²) >= 11 is 4.87. The minimum absolute atomic E-state index is 0.144. The summed E-state index contributed by atoms with van der Waals surface area (Å²) in [5.74, 6) is -0.144. The average Bonchev–Trinajstić information content (AvgIpc) is 3.03. The van der Waals surface area contributed by atoms with Crippen molar-refractivity contribution in [2.75, 3.05) is 19.0 Å². The Bertz CT molecular complexity index is 1120. The van der Waals surface area contributed by atoms with E-state index >= 15 is 0 Å². The first kappa shape index (κ1) is 18.7. The maximum absolute atomic E-state index is 12.4. The number of rotatable bonds is 3. The van der Waals surface area contributed by atoms with Crippen LogP contribution in [-0.4, -0.2) is 30.2 Å². The van der Waals surface area contributed by atoms with Crippen LogP contribution < -0.4 is 10.2 Å². The smallest absolute Gasteiger partial charge is 0.264 e. The van der Waals surface area contributed by atoms with E-state index in [0.29, 0.717) is 10.1 Å². The van der Waals surface area contributed by atoms with Crippen LogP contribution in [-0.2, 0) is 4.79 Å². The molecular weight excluding hydrogens is 436 g/mol. The molecule has 5 nitrogen and oxygen atoms in total. The number of hydrogen-bond donors (Lipinski definition) is 1. The highest BCUT2D eigenvalue weighted by molar-refractivity contribution is 9.10. The molecule has 0 bridgehead atoms. The van der Waals surface area contributed by atoms with Gasteiger partial charge in [-0.1, -0.05) is 34.1 Å². The van der Waals surface area contributed by atoms with E-state index in [1.54, 1.807) is 6.20 Å². The fourth-order valence-electron chi connectivity index (χ4n) is 2.82. The number of nitrogens with one attached hydrogen (secondary N) is 1. The Morgan fingerprint density at radius 3 is 2.68 bits per heavy atom. The first-order valence-corrected chi connectivity index (χ1v) is 10.2. The van der Waals surface area contributed by atoms with Crippen LogP contribution in [0.25, 0.3) is 17.0 Å². The largest absolute Gasteiger partial charge is 0.378 e. The molecule has 1 aliphatic rings. The molecule has 1 aromatic heterocycles. The Kier molecular flexibility index (Phi) is 5.19. The van der Waals surface area contributed by atoms with E-state index in [1.807, 2.05) is 73.6 Å². The molecule has 2 heterocycles. The minimum Gasteiger partial charge on any atom is -0.378 e. The number of halogens is 1. The van der Waals surface area contributed by atoms with E-state index in [2.05, 4.69) is 31.2 Å². The van der Waals surface area contributed by atoms with Crippen molar-refractivity contribution in [1.82, 2.24) is 10.3 Å². The summed E-state index contributed by atoms with van der Waals surface area (Å²) < 4.78 is 0.962. The Hall–Kier alpha value is -2.64. The van der Waals surface area contributed by atoms with Gasteiger partial charge in [-0.25, -0.2) is 4.99 Å². The fourth-order valence-corrected chi connectivity index (χ4v) is 4.11. The van der Waals surface area contributed by atoms with Crippen molar-refractivity contribution in [3.63, 3.8) is 0 Å². The van der Waals surface area contributed by atoms with E-state index in [-0.39, 0.29) is 5.91 Å². The molecule has 7 heteroatoms. The summed E-state index contributed by atoms with van der Waals surface area (Å²) in [6.07, 6.45) is 3.61. The summed E-state index contributed by atoms with van der Waals surface area (Å²) in [5, 5.41) is 4.37. The van der Waals surface area contributed by atoms with Crippen LogP contribution in [0.15, 0.2) is 69.1 Å². The number of anilines is 1. The Labute approximate surface area is 175 Å². The number of fused-ring (bicyclic) bond motifs is 1. The van der Waals surface area contributed by atoms with Crippen LogP contribution in [0, 0.1) is 0 Å². The second kappa shape index (κ2) is 7.77. The number of aliphatic imine (C=N–C) groups is 1. The third-order valence-electron chi connectivity index (χ3n) is 4.28. The molecule has 0 spiro atoms. The van der Waals surface area contributed by atoms with Gasteiger partial charge in [0.15, 0.2) is 5.17 Å². The lowest BCUT2D eigenvalue weighted by Crippen LogP contribution is -2.19. The molecule has 0 radical (unpaired) electrons. The lowest BCUT2D eigenvalue weighted by Gasteiger charge is -2.11. The normalized spacial score (nSPS) is 16.8. The highest BCUT2D eigenvalue weighted by Gasteiger charge is 2.24. The van der Waals surface area contributed by atoms with E-state index in [4.69, 9.17) is 0 Å². The van der Waals surface area contributed by atoms with E-state index in [9.17, 15) is 4.79 Å². The van der Waals surface area contributed by atoms with Crippen molar-refractivity contribution < 1.29 is 4.79 Å². The summed E-state index contributed by atoms with van der Waals surface area (Å²) in [6.45, 7) is 0. The van der Waals surface area contributed by atoms with E-state index < -0.39 is 0 Å². The molecule has 3 aromatic rings. The number of carbonyl (C=O) groups excluding carboxylic acids is 1. The van der Waals surface area contributed by atoms with Gasteiger partial charge < -0.3 is 10.2 Å². The molecule has 0 aliphatic carbocycles. The fraction of sp³-hybridized carbons (Fsp3) is 0.0952. The number of hydrogen-bond acceptors (Lipinski definition) is 5. The molecule has 4 rings (SSSR count). The summed E-state index contributed by atoms with van der Waals surface area (Å²) in [6, 6.07) is 15.7.